The van der Waals surface area contributed by atoms with Gasteiger partial charge in [-0.2, -0.15) is 0 Å². The molecular weight excluding hydrogens is 1440 g/mol. The highest BCUT2D eigenvalue weighted by atomic mass is 16.6. The largest absolute Gasteiger partial charge is 0.494 e. The molecule has 0 spiro atoms. The van der Waals surface area contributed by atoms with Gasteiger partial charge in [0, 0.05) is 0 Å². The molecule has 18 heteroatoms. The van der Waals surface area contributed by atoms with Gasteiger partial charge >= 0.3 is 35.8 Å². The van der Waals surface area contributed by atoms with Crippen molar-refractivity contribution in [1.82, 2.24) is 0 Å². The van der Waals surface area contributed by atoms with Crippen LogP contribution in [0.2, 0.25) is 0 Å². The van der Waals surface area contributed by atoms with E-state index in [1.165, 1.54) is 36.4 Å². The number of unbranched alkanes of at least 4 members (excludes halogenated alkanes) is 18. The summed E-state index contributed by atoms with van der Waals surface area (Å²) in [6, 6.07) is 48.2. The highest BCUT2D eigenvalue weighted by Gasteiger charge is 2.28. The van der Waals surface area contributed by atoms with Crippen molar-refractivity contribution in [1.29, 1.82) is 0 Å². The molecule has 0 aliphatic rings. The Morgan fingerprint density at radius 1 is 0.184 bits per heavy atom. The van der Waals surface area contributed by atoms with E-state index in [0.29, 0.717) is 74.1 Å². The van der Waals surface area contributed by atoms with Gasteiger partial charge in [0.05, 0.1) is 73.0 Å². The molecule has 0 atom stereocenters. The lowest BCUT2D eigenvalue weighted by molar-refractivity contribution is 0.0682. The third-order valence-corrected chi connectivity index (χ3v) is 19.5. The first-order valence-corrected chi connectivity index (χ1v) is 41.0. The van der Waals surface area contributed by atoms with Gasteiger partial charge in [0.1, 0.15) is 34.5 Å². The zero-order valence-corrected chi connectivity index (χ0v) is 66.9. The quantitative estimate of drug-likeness (QED) is 0.0150. The molecule has 0 fully saturated rings. The molecule has 114 heavy (non-hydrogen) atoms. The van der Waals surface area contributed by atoms with Crippen molar-refractivity contribution < 1.29 is 85.6 Å². The fourth-order valence-corrected chi connectivity index (χ4v) is 12.9. The topological polar surface area (TPSA) is 213 Å². The van der Waals surface area contributed by atoms with Crippen molar-refractivity contribution >= 4 is 68.1 Å². The second-order valence-electron chi connectivity index (χ2n) is 28.5. The van der Waals surface area contributed by atoms with Crippen LogP contribution in [-0.4, -0.2) is 75.5 Å². The zero-order chi connectivity index (χ0) is 80.2. The number of esters is 6. The third-order valence-electron chi connectivity index (χ3n) is 19.5. The van der Waals surface area contributed by atoms with Crippen LogP contribution in [0.5, 0.6) is 69.0 Å². The van der Waals surface area contributed by atoms with Gasteiger partial charge in [-0.1, -0.05) is 157 Å². The maximum atomic E-state index is 14.8. The monoisotopic (exact) mass is 1550 g/mol. The van der Waals surface area contributed by atoms with Gasteiger partial charge in [0.25, 0.3) is 0 Å². The van der Waals surface area contributed by atoms with E-state index in [-0.39, 0.29) is 100 Å². The molecule has 18 nitrogen and oxygen atoms in total. The lowest BCUT2D eigenvalue weighted by Gasteiger charge is -2.19. The van der Waals surface area contributed by atoms with Crippen molar-refractivity contribution in [2.45, 2.75) is 196 Å². The predicted octanol–water partition coefficient (Wildman–Crippen LogP) is 24.2. The third kappa shape index (κ3) is 25.3. The summed E-state index contributed by atoms with van der Waals surface area (Å²) in [5, 5.41) is 1.71. The van der Waals surface area contributed by atoms with Crippen LogP contribution in [0.4, 0.5) is 0 Å². The van der Waals surface area contributed by atoms with Gasteiger partial charge < -0.3 is 56.8 Å². The van der Waals surface area contributed by atoms with Crippen molar-refractivity contribution in [2.75, 3.05) is 39.6 Å². The Hall–Kier alpha value is -11.4. The van der Waals surface area contributed by atoms with Crippen LogP contribution in [0.25, 0.3) is 32.3 Å². The number of ether oxygens (including phenoxy) is 12. The molecule has 0 heterocycles. The number of rotatable bonds is 48. The number of carbonyl (C=O) groups is 6. The first-order valence-electron chi connectivity index (χ1n) is 41.0. The Balaban J connectivity index is 1.17. The van der Waals surface area contributed by atoms with Crippen molar-refractivity contribution in [3.05, 3.63) is 215 Å². The Bertz CT molecular complexity index is 3940. The molecule has 10 aromatic rings. The number of carbonyl (C=O) groups excluding carboxylic acids is 6. The molecule has 0 aliphatic carbocycles. The average Bonchev–Trinajstić information content (AvgIpc) is 0.722. The first kappa shape index (κ1) is 85.0. The number of hydrogen-bond acceptors (Lipinski definition) is 18. The normalized spacial score (nSPS) is 11.1. The molecule has 0 amide bonds. The number of fused-ring (bicyclic) bond motifs is 6. The van der Waals surface area contributed by atoms with E-state index in [0.717, 1.165) is 154 Å². The average molecular weight is 1550 g/mol. The van der Waals surface area contributed by atoms with Crippen LogP contribution in [0.3, 0.4) is 0 Å². The first-order chi connectivity index (χ1) is 55.8. The van der Waals surface area contributed by atoms with E-state index in [9.17, 15) is 28.8 Å². The summed E-state index contributed by atoms with van der Waals surface area (Å²) < 4.78 is 74.6. The summed E-state index contributed by atoms with van der Waals surface area (Å²) in [5.74, 6) is -2.98. The molecule has 0 unspecified atom stereocenters. The van der Waals surface area contributed by atoms with Gasteiger partial charge in [-0.25, -0.2) is 28.8 Å². The lowest BCUT2D eigenvalue weighted by atomic mass is 9.93. The van der Waals surface area contributed by atoms with Crippen molar-refractivity contribution in [2.24, 2.45) is 0 Å². The fourth-order valence-electron chi connectivity index (χ4n) is 12.9. The van der Waals surface area contributed by atoms with Gasteiger partial charge in [0.2, 0.25) is 0 Å². The minimum absolute atomic E-state index is 0.136. The fraction of sp³-hybridized carbons (Fsp3) is 0.375. The molecule has 0 bridgehead atoms. The molecule has 0 aliphatic heterocycles. The molecule has 0 N–H and O–H groups in total. The highest BCUT2D eigenvalue weighted by Crippen LogP contribution is 2.48. The van der Waals surface area contributed by atoms with E-state index in [4.69, 9.17) is 56.8 Å². The zero-order valence-electron chi connectivity index (χ0n) is 66.9. The highest BCUT2D eigenvalue weighted by molar-refractivity contribution is 6.27. The van der Waals surface area contributed by atoms with Crippen molar-refractivity contribution in [3.63, 3.8) is 0 Å². The SMILES string of the molecule is CCCCCCOc1ccc(C(=O)Oc2cc3c4cc(OC(=O)c5ccc(OCCCCCC)cc5)c(OC(=O)c5ccc(OCCCCCC)cc5)cc4c4cc(OC(=O)c5ccc(OCCCCCC)cc5)c(OC(=O)c5ccc(OCCCCCC)cc5)cc4c3cc2OC(=O)c2ccc(OCCCCCC)cc2)cc1. The minimum atomic E-state index is -0.827. The van der Waals surface area contributed by atoms with Crippen LogP contribution < -0.4 is 56.8 Å². The second kappa shape index (κ2) is 45.3. The van der Waals surface area contributed by atoms with Gasteiger partial charge in [-0.05, 0) is 253 Å². The van der Waals surface area contributed by atoms with Gasteiger partial charge in [-0.3, -0.25) is 0 Å². The summed E-state index contributed by atoms with van der Waals surface area (Å²) in [6.45, 7) is 15.8. The van der Waals surface area contributed by atoms with Crippen LogP contribution in [0, 0.1) is 0 Å². The van der Waals surface area contributed by atoms with E-state index >= 15 is 0 Å². The van der Waals surface area contributed by atoms with Crippen LogP contribution in [0.1, 0.15) is 258 Å². The van der Waals surface area contributed by atoms with E-state index < -0.39 is 35.8 Å². The maximum absolute atomic E-state index is 14.8. The summed E-state index contributed by atoms with van der Waals surface area (Å²) in [4.78, 5) is 88.7. The summed E-state index contributed by atoms with van der Waals surface area (Å²) in [6.07, 6.45) is 24.2. The summed E-state index contributed by atoms with van der Waals surface area (Å²) in [5.41, 5.74) is 0.813. The van der Waals surface area contributed by atoms with E-state index in [1.807, 2.05) is 0 Å². The molecule has 0 saturated carbocycles. The molecule has 0 aromatic heterocycles. The second-order valence-corrected chi connectivity index (χ2v) is 28.5. The Morgan fingerprint density at radius 3 is 0.439 bits per heavy atom. The van der Waals surface area contributed by atoms with Gasteiger partial charge in [0.15, 0.2) is 34.5 Å². The standard InChI is InChI=1S/C96H108O18/c1-7-13-19-25-55-103-73-43-31-67(32-44-73)91(97)109-85-61-79-80(62-86(85)110-92(98)68-33-45-74(46-34-68)104-56-26-20-14-8-2)82-64-88(112-94(100)70-37-49-76(50-38-70)106-58-28-22-16-10-4)90(114-96(102)72-41-53-78(54-42-72)108-60-30-24-18-12-6)66-84(82)83-65-89(113-95(101)71-39-51-77(52-40-71)107-59-29-23-17-11-5)87(63-81(79)83)111-93(99)69-35-47-75(48-36-69)105-57-27-21-15-9-3/h31-54,61-66H,7-30,55-60H2,1-6H3. The number of hydrogen-bond donors (Lipinski definition) is 0. The molecular formula is C96H108O18. The molecule has 0 radical (unpaired) electrons. The smallest absolute Gasteiger partial charge is 0.343 e. The molecule has 0 saturated heterocycles. The van der Waals surface area contributed by atoms with Gasteiger partial charge in [-0.15, -0.1) is 0 Å². The molecule has 600 valence electrons. The van der Waals surface area contributed by atoms with E-state index in [1.54, 1.807) is 146 Å². The van der Waals surface area contributed by atoms with Crippen molar-refractivity contribution in [3.8, 4) is 69.0 Å². The number of benzene rings is 10. The van der Waals surface area contributed by atoms with Crippen LogP contribution >= 0.6 is 0 Å². The summed E-state index contributed by atoms with van der Waals surface area (Å²) in [7, 11) is 0. The molecule has 10 aromatic carbocycles. The lowest BCUT2D eigenvalue weighted by Crippen LogP contribution is -2.14. The Morgan fingerprint density at radius 2 is 0.316 bits per heavy atom. The summed E-state index contributed by atoms with van der Waals surface area (Å²) >= 11 is 0. The minimum Gasteiger partial charge on any atom is -0.494 e. The van der Waals surface area contributed by atoms with Crippen LogP contribution in [-0.2, 0) is 0 Å². The predicted molar refractivity (Wildman–Crippen MR) is 445 cm³/mol. The van der Waals surface area contributed by atoms with E-state index in [2.05, 4.69) is 41.5 Å². The molecule has 10 rings (SSSR count). The van der Waals surface area contributed by atoms with Crippen LogP contribution in [0.15, 0.2) is 182 Å². The maximum Gasteiger partial charge on any atom is 0.343 e. The Labute approximate surface area is 669 Å². The Kier molecular flexibility index (Phi) is 33.8.